The monoisotopic (exact) mass is 431 g/mol. The largest absolute Gasteiger partial charge is 0.497 e. The Balaban J connectivity index is 1.82. The first-order chi connectivity index (χ1) is 14.7. The molecule has 0 radical (unpaired) electrons. The third kappa shape index (κ3) is 5.73. The van der Waals surface area contributed by atoms with Crippen LogP contribution in [0.4, 0.5) is 13.6 Å². The number of carbonyl (C=O) groups excluding carboxylic acids is 1. The van der Waals surface area contributed by atoms with Crippen LogP contribution >= 0.6 is 0 Å². The molecule has 1 aliphatic rings. The van der Waals surface area contributed by atoms with E-state index in [9.17, 15) is 13.6 Å². The lowest BCUT2D eigenvalue weighted by atomic mass is 9.94. The highest BCUT2D eigenvalue weighted by molar-refractivity contribution is 5.76. The molecule has 1 N–H and O–H groups in total. The number of hydrogen-bond donors (Lipinski definition) is 1. The molecule has 168 valence electrons. The Labute approximate surface area is 183 Å². The third-order valence-electron chi connectivity index (χ3n) is 5.87. The Morgan fingerprint density at radius 1 is 1.19 bits per heavy atom. The summed E-state index contributed by atoms with van der Waals surface area (Å²) >= 11 is 0. The average molecular weight is 432 g/mol. The van der Waals surface area contributed by atoms with Crippen molar-refractivity contribution in [2.75, 3.05) is 27.2 Å². The van der Waals surface area contributed by atoms with Crippen molar-refractivity contribution in [3.05, 3.63) is 65.5 Å². The number of likely N-dealkylation sites (tertiary alicyclic amines) is 1. The summed E-state index contributed by atoms with van der Waals surface area (Å²) in [6, 6.07) is 12.6. The zero-order valence-corrected chi connectivity index (χ0v) is 18.6. The zero-order valence-electron chi connectivity index (χ0n) is 18.6. The van der Waals surface area contributed by atoms with Crippen LogP contribution in [0.3, 0.4) is 0 Å². The molecule has 7 heteroatoms. The summed E-state index contributed by atoms with van der Waals surface area (Å²) in [6.07, 6.45) is -0.621. The van der Waals surface area contributed by atoms with E-state index in [0.29, 0.717) is 13.0 Å². The van der Waals surface area contributed by atoms with E-state index in [1.54, 1.807) is 24.1 Å². The molecule has 2 atom stereocenters. The van der Waals surface area contributed by atoms with Crippen LogP contribution in [-0.4, -0.2) is 55.3 Å². The molecule has 0 bridgehead atoms. The van der Waals surface area contributed by atoms with Crippen molar-refractivity contribution >= 4 is 6.03 Å². The molecule has 1 fully saturated rings. The van der Waals surface area contributed by atoms with Crippen LogP contribution in [0.1, 0.15) is 31.4 Å². The van der Waals surface area contributed by atoms with E-state index in [4.69, 9.17) is 4.74 Å². The van der Waals surface area contributed by atoms with E-state index in [1.807, 2.05) is 50.1 Å². The molecule has 1 saturated heterocycles. The van der Waals surface area contributed by atoms with Gasteiger partial charge in [-0.1, -0.05) is 24.3 Å². The van der Waals surface area contributed by atoms with Gasteiger partial charge in [-0.25, -0.2) is 13.6 Å². The second kappa shape index (κ2) is 9.64. The van der Waals surface area contributed by atoms with Crippen molar-refractivity contribution in [2.24, 2.45) is 0 Å². The average Bonchev–Trinajstić information content (AvgIpc) is 2.73. The number of urea groups is 1. The number of hydrogen-bond acceptors (Lipinski definition) is 3. The fraction of sp³-hybridized carbons (Fsp3) is 0.458. The van der Waals surface area contributed by atoms with Gasteiger partial charge in [0.25, 0.3) is 0 Å². The fourth-order valence-electron chi connectivity index (χ4n) is 3.94. The van der Waals surface area contributed by atoms with Gasteiger partial charge in [0.05, 0.1) is 18.7 Å². The first-order valence-corrected chi connectivity index (χ1v) is 10.5. The van der Waals surface area contributed by atoms with E-state index in [2.05, 4.69) is 5.32 Å². The van der Waals surface area contributed by atoms with E-state index >= 15 is 0 Å². The summed E-state index contributed by atoms with van der Waals surface area (Å²) in [5.41, 5.74) is 0.982. The number of rotatable bonds is 6. The number of ether oxygens (including phenoxy) is 1. The first kappa shape index (κ1) is 23.0. The van der Waals surface area contributed by atoms with Gasteiger partial charge < -0.3 is 19.9 Å². The highest BCUT2D eigenvalue weighted by Gasteiger charge is 2.36. The van der Waals surface area contributed by atoms with Crippen molar-refractivity contribution in [1.29, 1.82) is 0 Å². The molecule has 31 heavy (non-hydrogen) atoms. The highest BCUT2D eigenvalue weighted by atomic mass is 19.1. The number of benzene rings is 2. The Bertz CT molecular complexity index is 871. The SMILES string of the molecule is COc1ccc(C(C)(C)NC(=O)N(Cc2ccc(F)cc2)C2CCN(C)CC2F)cc1. The van der Waals surface area contributed by atoms with Gasteiger partial charge in [0.1, 0.15) is 17.7 Å². The normalized spacial score (nSPS) is 19.7. The quantitative estimate of drug-likeness (QED) is 0.741. The van der Waals surface area contributed by atoms with E-state index in [1.165, 1.54) is 12.1 Å². The topological polar surface area (TPSA) is 44.8 Å². The van der Waals surface area contributed by atoms with Gasteiger partial charge in [0.2, 0.25) is 0 Å². The molecule has 3 rings (SSSR count). The molecule has 0 saturated carbocycles. The van der Waals surface area contributed by atoms with Gasteiger partial charge in [0, 0.05) is 19.6 Å². The van der Waals surface area contributed by atoms with Crippen molar-refractivity contribution in [3.8, 4) is 5.75 Å². The standard InChI is InChI=1S/C24H31F2N3O2/c1-24(2,18-7-11-20(31-4)12-8-18)27-23(30)29(15-17-5-9-19(25)10-6-17)22-13-14-28(3)16-21(22)26/h5-12,21-22H,13-16H2,1-4H3,(H,27,30). The minimum atomic E-state index is -1.16. The first-order valence-electron chi connectivity index (χ1n) is 10.5. The lowest BCUT2D eigenvalue weighted by Gasteiger charge is -2.41. The predicted molar refractivity (Wildman–Crippen MR) is 117 cm³/mol. The van der Waals surface area contributed by atoms with Crippen LogP contribution in [-0.2, 0) is 12.1 Å². The van der Waals surface area contributed by atoms with Gasteiger partial charge >= 0.3 is 6.03 Å². The summed E-state index contributed by atoms with van der Waals surface area (Å²) in [5.74, 6) is 0.387. The number of amides is 2. The van der Waals surface area contributed by atoms with Crippen LogP contribution in [0, 0.1) is 5.82 Å². The number of carbonyl (C=O) groups is 1. The maximum atomic E-state index is 15.0. The highest BCUT2D eigenvalue weighted by Crippen LogP contribution is 2.26. The van der Waals surface area contributed by atoms with Crippen LogP contribution in [0.5, 0.6) is 5.75 Å². The minimum absolute atomic E-state index is 0.208. The molecule has 1 aliphatic heterocycles. The smallest absolute Gasteiger partial charge is 0.318 e. The number of halogens is 2. The molecule has 0 aromatic heterocycles. The molecule has 2 unspecified atom stereocenters. The minimum Gasteiger partial charge on any atom is -0.497 e. The molecule has 2 amide bonds. The third-order valence-corrected chi connectivity index (χ3v) is 5.87. The summed E-state index contributed by atoms with van der Waals surface area (Å²) < 4.78 is 33.5. The Morgan fingerprint density at radius 3 is 2.42 bits per heavy atom. The molecule has 2 aromatic rings. The van der Waals surface area contributed by atoms with Crippen molar-refractivity contribution in [2.45, 2.75) is 44.6 Å². The molecule has 0 spiro atoms. The molecule has 1 heterocycles. The summed E-state index contributed by atoms with van der Waals surface area (Å²) in [5, 5.41) is 3.06. The van der Waals surface area contributed by atoms with Crippen LogP contribution < -0.4 is 10.1 Å². The molecule has 5 nitrogen and oxygen atoms in total. The Morgan fingerprint density at radius 2 is 1.84 bits per heavy atom. The molecule has 0 aliphatic carbocycles. The second-order valence-corrected chi connectivity index (χ2v) is 8.67. The van der Waals surface area contributed by atoms with Crippen molar-refractivity contribution in [3.63, 3.8) is 0 Å². The summed E-state index contributed by atoms with van der Waals surface area (Å²) in [4.78, 5) is 16.9. The number of piperidine rings is 1. The Kier molecular flexibility index (Phi) is 7.15. The molecular weight excluding hydrogens is 400 g/mol. The van der Waals surface area contributed by atoms with Crippen molar-refractivity contribution < 1.29 is 18.3 Å². The van der Waals surface area contributed by atoms with E-state index in [-0.39, 0.29) is 24.9 Å². The predicted octanol–water partition coefficient (Wildman–Crippen LogP) is 4.32. The van der Waals surface area contributed by atoms with E-state index < -0.39 is 17.8 Å². The van der Waals surface area contributed by atoms with Gasteiger partial charge in [0.15, 0.2) is 0 Å². The van der Waals surface area contributed by atoms with E-state index in [0.717, 1.165) is 16.9 Å². The van der Waals surface area contributed by atoms with Crippen LogP contribution in [0.2, 0.25) is 0 Å². The summed E-state index contributed by atoms with van der Waals surface area (Å²) in [6.45, 7) is 5.01. The molecular formula is C24H31F2N3O2. The number of methoxy groups -OCH3 is 1. The lowest BCUT2D eigenvalue weighted by Crippen LogP contribution is -2.57. The summed E-state index contributed by atoms with van der Waals surface area (Å²) in [7, 11) is 3.48. The van der Waals surface area contributed by atoms with Crippen LogP contribution in [0.15, 0.2) is 48.5 Å². The van der Waals surface area contributed by atoms with Gasteiger partial charge in [-0.05, 0) is 62.7 Å². The Hall–Kier alpha value is -2.67. The number of alkyl halides is 1. The van der Waals surface area contributed by atoms with Crippen molar-refractivity contribution in [1.82, 2.24) is 15.1 Å². The zero-order chi connectivity index (χ0) is 22.6. The maximum absolute atomic E-state index is 15.0. The van der Waals surface area contributed by atoms with Gasteiger partial charge in [-0.2, -0.15) is 0 Å². The van der Waals surface area contributed by atoms with Gasteiger partial charge in [-0.3, -0.25) is 0 Å². The number of nitrogens with one attached hydrogen (secondary N) is 1. The van der Waals surface area contributed by atoms with Gasteiger partial charge in [-0.15, -0.1) is 0 Å². The van der Waals surface area contributed by atoms with Crippen LogP contribution in [0.25, 0.3) is 0 Å². The lowest BCUT2D eigenvalue weighted by molar-refractivity contribution is 0.0549. The second-order valence-electron chi connectivity index (χ2n) is 8.67. The maximum Gasteiger partial charge on any atom is 0.318 e. The molecule has 2 aromatic carbocycles. The number of nitrogens with zero attached hydrogens (tertiary/aromatic N) is 2. The fourth-order valence-corrected chi connectivity index (χ4v) is 3.94.